The number of aliphatic hydroxyl groups excluding tert-OH is 1. The van der Waals surface area contributed by atoms with Gasteiger partial charge in [-0.1, -0.05) is 12.2 Å². The second-order valence-electron chi connectivity index (χ2n) is 3.64. The molecule has 90 valence electrons. The van der Waals surface area contributed by atoms with Gasteiger partial charge in [-0.25, -0.2) is 4.79 Å². The monoisotopic (exact) mass is 314 g/mol. The van der Waals surface area contributed by atoms with Gasteiger partial charge in [-0.05, 0) is 40.5 Å². The number of H-pyrrole nitrogens is 1. The molecule has 1 heterocycles. The zero-order valence-electron chi connectivity index (χ0n) is 9.16. The summed E-state index contributed by atoms with van der Waals surface area (Å²) in [6.07, 6.45) is 0. The molecule has 2 rings (SSSR count). The first-order chi connectivity index (χ1) is 8.08. The largest absolute Gasteiger partial charge is 0.392 e. The molecule has 0 saturated carbocycles. The van der Waals surface area contributed by atoms with Crippen molar-refractivity contribution in [2.75, 3.05) is 0 Å². The van der Waals surface area contributed by atoms with Crippen LogP contribution in [0.5, 0.6) is 0 Å². The van der Waals surface area contributed by atoms with Crippen LogP contribution in [0.1, 0.15) is 12.5 Å². The van der Waals surface area contributed by atoms with E-state index in [0.29, 0.717) is 16.7 Å². The SMILES string of the molecule is CCn1c(=O)[nH]c2cc(CO)cc(Br)c2c1=S. The average molecular weight is 315 g/mol. The molecule has 0 bridgehead atoms. The molecule has 0 aliphatic rings. The number of benzene rings is 1. The Morgan fingerprint density at radius 2 is 2.24 bits per heavy atom. The number of aliphatic hydroxyl groups is 1. The van der Waals surface area contributed by atoms with Crippen LogP contribution in [-0.4, -0.2) is 14.7 Å². The summed E-state index contributed by atoms with van der Waals surface area (Å²) >= 11 is 8.71. The molecular weight excluding hydrogens is 304 g/mol. The minimum Gasteiger partial charge on any atom is -0.392 e. The Morgan fingerprint density at radius 3 is 2.82 bits per heavy atom. The third-order valence-corrected chi connectivity index (χ3v) is 3.64. The van der Waals surface area contributed by atoms with Crippen LogP contribution in [0, 0.1) is 4.64 Å². The van der Waals surface area contributed by atoms with E-state index in [1.807, 2.05) is 6.92 Å². The van der Waals surface area contributed by atoms with E-state index in [-0.39, 0.29) is 12.3 Å². The molecule has 0 fully saturated rings. The Kier molecular flexibility index (Phi) is 3.46. The van der Waals surface area contributed by atoms with Crippen LogP contribution in [0.3, 0.4) is 0 Å². The van der Waals surface area contributed by atoms with E-state index in [4.69, 9.17) is 17.3 Å². The maximum absolute atomic E-state index is 11.8. The van der Waals surface area contributed by atoms with Crippen molar-refractivity contribution in [1.29, 1.82) is 0 Å². The standard InChI is InChI=1S/C11H11BrN2O2S/c1-2-14-10(17)9-7(12)3-6(5-15)4-8(9)13-11(14)16/h3-4,15H,2,5H2,1H3,(H,13,16). The topological polar surface area (TPSA) is 58.0 Å². The molecule has 0 aliphatic carbocycles. The van der Waals surface area contributed by atoms with Crippen LogP contribution >= 0.6 is 28.1 Å². The van der Waals surface area contributed by atoms with Crippen molar-refractivity contribution in [2.45, 2.75) is 20.1 Å². The second-order valence-corrected chi connectivity index (χ2v) is 4.88. The number of hydrogen-bond acceptors (Lipinski definition) is 3. The molecule has 0 radical (unpaired) electrons. The van der Waals surface area contributed by atoms with Crippen LogP contribution in [-0.2, 0) is 13.2 Å². The fourth-order valence-corrected chi connectivity index (χ4v) is 3.03. The van der Waals surface area contributed by atoms with Gasteiger partial charge in [0, 0.05) is 16.4 Å². The molecule has 0 unspecified atom stereocenters. The Balaban J connectivity index is 2.97. The molecule has 4 nitrogen and oxygen atoms in total. The van der Waals surface area contributed by atoms with Crippen molar-refractivity contribution in [2.24, 2.45) is 0 Å². The zero-order valence-corrected chi connectivity index (χ0v) is 11.6. The van der Waals surface area contributed by atoms with Gasteiger partial charge in [0.1, 0.15) is 4.64 Å². The quantitative estimate of drug-likeness (QED) is 0.836. The van der Waals surface area contributed by atoms with Gasteiger partial charge in [0.15, 0.2) is 0 Å². The van der Waals surface area contributed by atoms with E-state index >= 15 is 0 Å². The van der Waals surface area contributed by atoms with E-state index in [1.54, 1.807) is 12.1 Å². The highest BCUT2D eigenvalue weighted by Gasteiger charge is 2.08. The van der Waals surface area contributed by atoms with Crippen molar-refractivity contribution in [3.63, 3.8) is 0 Å². The first-order valence-electron chi connectivity index (χ1n) is 5.14. The van der Waals surface area contributed by atoms with Crippen LogP contribution in [0.25, 0.3) is 10.9 Å². The van der Waals surface area contributed by atoms with Gasteiger partial charge in [0.25, 0.3) is 0 Å². The number of nitrogens with one attached hydrogen (secondary N) is 1. The number of aromatic nitrogens is 2. The van der Waals surface area contributed by atoms with E-state index < -0.39 is 0 Å². The Morgan fingerprint density at radius 1 is 1.53 bits per heavy atom. The average Bonchev–Trinajstić information content (AvgIpc) is 2.28. The first-order valence-corrected chi connectivity index (χ1v) is 6.34. The van der Waals surface area contributed by atoms with E-state index in [0.717, 1.165) is 15.4 Å². The maximum Gasteiger partial charge on any atom is 0.326 e. The van der Waals surface area contributed by atoms with Gasteiger partial charge in [0.05, 0.1) is 12.1 Å². The van der Waals surface area contributed by atoms with Crippen LogP contribution in [0.4, 0.5) is 0 Å². The molecule has 0 spiro atoms. The number of hydrogen-bond donors (Lipinski definition) is 2. The number of rotatable bonds is 2. The van der Waals surface area contributed by atoms with Gasteiger partial charge in [-0.2, -0.15) is 0 Å². The van der Waals surface area contributed by atoms with Gasteiger partial charge in [-0.15, -0.1) is 0 Å². The lowest BCUT2D eigenvalue weighted by atomic mass is 10.1. The highest BCUT2D eigenvalue weighted by atomic mass is 79.9. The fraction of sp³-hybridized carbons (Fsp3) is 0.273. The minimum atomic E-state index is -0.230. The van der Waals surface area contributed by atoms with E-state index in [1.165, 1.54) is 4.57 Å². The van der Waals surface area contributed by atoms with Crippen molar-refractivity contribution >= 4 is 39.1 Å². The minimum absolute atomic E-state index is 0.0774. The van der Waals surface area contributed by atoms with E-state index in [9.17, 15) is 4.79 Å². The first kappa shape index (κ1) is 12.5. The van der Waals surface area contributed by atoms with Gasteiger partial charge in [0.2, 0.25) is 0 Å². The molecule has 1 aromatic carbocycles. The fourth-order valence-electron chi connectivity index (χ4n) is 1.77. The molecule has 0 atom stereocenters. The summed E-state index contributed by atoms with van der Waals surface area (Å²) in [5.74, 6) is 0. The van der Waals surface area contributed by atoms with Gasteiger partial charge in [-0.3, -0.25) is 4.57 Å². The van der Waals surface area contributed by atoms with Crippen molar-refractivity contribution in [3.05, 3.63) is 37.3 Å². The molecule has 0 saturated heterocycles. The highest BCUT2D eigenvalue weighted by Crippen LogP contribution is 2.25. The Labute approximate surface area is 111 Å². The molecule has 17 heavy (non-hydrogen) atoms. The van der Waals surface area contributed by atoms with Crippen molar-refractivity contribution in [3.8, 4) is 0 Å². The second kappa shape index (κ2) is 4.72. The highest BCUT2D eigenvalue weighted by molar-refractivity contribution is 9.10. The summed E-state index contributed by atoms with van der Waals surface area (Å²) in [6, 6.07) is 3.54. The maximum atomic E-state index is 11.8. The molecule has 0 amide bonds. The summed E-state index contributed by atoms with van der Waals surface area (Å²) in [6.45, 7) is 2.32. The Bertz CT molecular complexity index is 690. The predicted octanol–water partition coefficient (Wildman–Crippen LogP) is 2.33. The smallest absolute Gasteiger partial charge is 0.326 e. The molecule has 0 aliphatic heterocycles. The van der Waals surface area contributed by atoms with Crippen LogP contribution < -0.4 is 5.69 Å². The summed E-state index contributed by atoms with van der Waals surface area (Å²) in [4.78, 5) is 14.5. The number of halogens is 1. The predicted molar refractivity (Wildman–Crippen MR) is 72.7 cm³/mol. The van der Waals surface area contributed by atoms with Gasteiger partial charge < -0.3 is 10.1 Å². The molecule has 6 heteroatoms. The van der Waals surface area contributed by atoms with Crippen molar-refractivity contribution < 1.29 is 5.11 Å². The molecular formula is C11H11BrN2O2S. The zero-order chi connectivity index (χ0) is 12.6. The lowest BCUT2D eigenvalue weighted by molar-refractivity contribution is 0.282. The number of fused-ring (bicyclic) bond motifs is 1. The lowest BCUT2D eigenvalue weighted by Crippen LogP contribution is -2.22. The normalized spacial score (nSPS) is 11.0. The third-order valence-electron chi connectivity index (χ3n) is 2.59. The summed E-state index contributed by atoms with van der Waals surface area (Å²) < 4.78 is 2.78. The summed E-state index contributed by atoms with van der Waals surface area (Å²) in [5.41, 5.74) is 1.14. The Hall–Kier alpha value is -0.980. The molecule has 2 aromatic rings. The third kappa shape index (κ3) is 2.08. The van der Waals surface area contributed by atoms with Crippen molar-refractivity contribution in [1.82, 2.24) is 9.55 Å². The summed E-state index contributed by atoms with van der Waals surface area (Å²) in [7, 11) is 0. The number of aromatic amines is 1. The van der Waals surface area contributed by atoms with Gasteiger partial charge >= 0.3 is 5.69 Å². The van der Waals surface area contributed by atoms with E-state index in [2.05, 4.69) is 20.9 Å². The van der Waals surface area contributed by atoms with Crippen LogP contribution in [0.2, 0.25) is 0 Å². The molecule has 2 N–H and O–H groups in total. The van der Waals surface area contributed by atoms with Crippen LogP contribution in [0.15, 0.2) is 21.4 Å². The molecule has 1 aromatic heterocycles. The lowest BCUT2D eigenvalue weighted by Gasteiger charge is -2.08. The number of nitrogens with zero attached hydrogens (tertiary/aromatic N) is 1. The summed E-state index contributed by atoms with van der Waals surface area (Å²) in [5, 5.41) is 9.91.